The van der Waals surface area contributed by atoms with E-state index < -0.39 is 23.4 Å². The number of non-ortho nitro benzene ring substituents is 1. The maximum atomic E-state index is 12.3. The van der Waals surface area contributed by atoms with E-state index in [1.807, 2.05) is 26.0 Å². The van der Waals surface area contributed by atoms with Gasteiger partial charge in [-0.2, -0.15) is 5.26 Å². The summed E-state index contributed by atoms with van der Waals surface area (Å²) in [5.74, 6) is -1.17. The summed E-state index contributed by atoms with van der Waals surface area (Å²) in [6.45, 7) is 8.29. The average molecular weight is 473 g/mol. The summed E-state index contributed by atoms with van der Waals surface area (Å²) in [6, 6.07) is 7.26. The van der Waals surface area contributed by atoms with Crippen LogP contribution in [0.5, 0.6) is 0 Å². The number of nitrogens with one attached hydrogen (secondary N) is 1. The van der Waals surface area contributed by atoms with Crippen LogP contribution >= 0.6 is 11.6 Å². The first kappa shape index (κ1) is 25.6. The molecule has 174 valence electrons. The van der Waals surface area contributed by atoms with Crippen molar-refractivity contribution in [1.29, 1.82) is 5.26 Å². The molecule has 0 aliphatic rings. The molecule has 0 radical (unpaired) electrons. The molecule has 33 heavy (non-hydrogen) atoms. The third-order valence-electron chi connectivity index (χ3n) is 4.95. The maximum Gasteiger partial charge on any atom is 0.349 e. The lowest BCUT2D eigenvalue weighted by molar-refractivity contribution is -0.384. The molecule has 1 aromatic heterocycles. The number of rotatable bonds is 9. The van der Waals surface area contributed by atoms with Crippen LogP contribution in [0.4, 0.5) is 11.4 Å². The van der Waals surface area contributed by atoms with Gasteiger partial charge in [-0.1, -0.05) is 25.4 Å². The fourth-order valence-corrected chi connectivity index (χ4v) is 3.28. The molecule has 1 aromatic carbocycles. The third-order valence-corrected chi connectivity index (χ3v) is 5.28. The first-order valence-corrected chi connectivity index (χ1v) is 10.6. The van der Waals surface area contributed by atoms with E-state index in [1.165, 1.54) is 18.2 Å². The number of esters is 1. The second-order valence-electron chi connectivity index (χ2n) is 7.88. The number of carbonyl (C=O) groups excluding carboxylic acids is 2. The number of benzene rings is 1. The standard InChI is InChI=1S/C23H25ClN4O5/c1-14(2)7-8-27-15(3)9-17(16(27)4)10-18(12-25)23(30)33-13-22(29)26-21-11-19(28(31)32)5-6-20(21)24/h5-6,9-11,14H,7-8,13H2,1-4H3,(H,26,29)/b18-10+. The summed E-state index contributed by atoms with van der Waals surface area (Å²) in [4.78, 5) is 34.7. The molecule has 0 aliphatic heterocycles. The summed E-state index contributed by atoms with van der Waals surface area (Å²) in [5, 5.41) is 22.7. The molecule has 0 saturated heterocycles. The number of nitrogens with zero attached hydrogens (tertiary/aromatic N) is 3. The van der Waals surface area contributed by atoms with Crippen molar-refractivity contribution in [3.05, 3.63) is 61.9 Å². The first-order chi connectivity index (χ1) is 15.5. The minimum absolute atomic E-state index is 0.0109. The third kappa shape index (κ3) is 6.92. The molecule has 0 aliphatic carbocycles. The lowest BCUT2D eigenvalue weighted by atomic mass is 10.1. The zero-order chi connectivity index (χ0) is 24.7. The van der Waals surface area contributed by atoms with Gasteiger partial charge in [0.05, 0.1) is 15.6 Å². The molecule has 2 rings (SSSR count). The molecule has 1 N–H and O–H groups in total. The highest BCUT2D eigenvalue weighted by atomic mass is 35.5. The number of amides is 1. The van der Waals surface area contributed by atoms with Crippen molar-refractivity contribution in [3.63, 3.8) is 0 Å². The van der Waals surface area contributed by atoms with Crippen molar-refractivity contribution < 1.29 is 19.2 Å². The van der Waals surface area contributed by atoms with Gasteiger partial charge in [0.2, 0.25) is 0 Å². The Labute approximate surface area is 196 Å². The van der Waals surface area contributed by atoms with Crippen LogP contribution in [0.25, 0.3) is 6.08 Å². The predicted octanol–water partition coefficient (Wildman–Crippen LogP) is 4.80. The van der Waals surface area contributed by atoms with Crippen LogP contribution in [0, 0.1) is 41.2 Å². The highest BCUT2D eigenvalue weighted by Gasteiger charge is 2.17. The van der Waals surface area contributed by atoms with Crippen molar-refractivity contribution in [1.82, 2.24) is 4.57 Å². The Balaban J connectivity index is 2.07. The van der Waals surface area contributed by atoms with Gasteiger partial charge in [-0.05, 0) is 50.0 Å². The van der Waals surface area contributed by atoms with Gasteiger partial charge in [-0.15, -0.1) is 0 Å². The van der Waals surface area contributed by atoms with Crippen LogP contribution in [-0.2, 0) is 20.9 Å². The molecule has 0 fully saturated rings. The molecule has 0 saturated carbocycles. The van der Waals surface area contributed by atoms with Gasteiger partial charge < -0.3 is 14.6 Å². The van der Waals surface area contributed by atoms with E-state index in [1.54, 1.807) is 0 Å². The minimum Gasteiger partial charge on any atom is -0.451 e. The lowest BCUT2D eigenvalue weighted by Crippen LogP contribution is -2.21. The lowest BCUT2D eigenvalue weighted by Gasteiger charge is -2.11. The number of nitro benzene ring substituents is 1. The van der Waals surface area contributed by atoms with E-state index in [9.17, 15) is 25.0 Å². The molecule has 1 amide bonds. The van der Waals surface area contributed by atoms with Gasteiger partial charge in [0.15, 0.2) is 6.61 Å². The monoisotopic (exact) mass is 472 g/mol. The summed E-state index contributed by atoms with van der Waals surface area (Å²) in [6.07, 6.45) is 2.43. The van der Waals surface area contributed by atoms with E-state index in [0.29, 0.717) is 5.92 Å². The topological polar surface area (TPSA) is 127 Å². The minimum atomic E-state index is -0.954. The maximum absolute atomic E-state index is 12.3. The number of ether oxygens (including phenoxy) is 1. The molecule has 2 aromatic rings. The van der Waals surface area contributed by atoms with Crippen LogP contribution < -0.4 is 5.32 Å². The van der Waals surface area contributed by atoms with Crippen LogP contribution in [0.3, 0.4) is 0 Å². The summed E-state index contributed by atoms with van der Waals surface area (Å²) in [5.41, 5.74) is 2.16. The number of hydrogen-bond acceptors (Lipinski definition) is 6. The number of aryl methyl sites for hydroxylation is 1. The Morgan fingerprint density at radius 1 is 1.33 bits per heavy atom. The molecule has 0 atom stereocenters. The normalized spacial score (nSPS) is 11.2. The molecular weight excluding hydrogens is 448 g/mol. The van der Waals surface area contributed by atoms with E-state index in [2.05, 4.69) is 23.7 Å². The Morgan fingerprint density at radius 2 is 2.03 bits per heavy atom. The second kappa shape index (κ2) is 11.3. The van der Waals surface area contributed by atoms with Gasteiger partial charge >= 0.3 is 5.97 Å². The average Bonchev–Trinajstić information content (AvgIpc) is 3.02. The Bertz CT molecular complexity index is 1140. The summed E-state index contributed by atoms with van der Waals surface area (Å²) >= 11 is 5.94. The molecule has 1 heterocycles. The predicted molar refractivity (Wildman–Crippen MR) is 125 cm³/mol. The van der Waals surface area contributed by atoms with Crippen molar-refractivity contribution in [2.45, 2.75) is 40.7 Å². The molecule has 0 spiro atoms. The first-order valence-electron chi connectivity index (χ1n) is 10.2. The number of nitriles is 1. The summed E-state index contributed by atoms with van der Waals surface area (Å²) < 4.78 is 7.08. The van der Waals surface area contributed by atoms with Crippen molar-refractivity contribution in [2.75, 3.05) is 11.9 Å². The van der Waals surface area contributed by atoms with Gasteiger partial charge in [0.1, 0.15) is 11.6 Å². The van der Waals surface area contributed by atoms with Crippen molar-refractivity contribution in [2.24, 2.45) is 5.92 Å². The number of carbonyl (C=O) groups is 2. The number of anilines is 1. The van der Waals surface area contributed by atoms with Crippen LogP contribution in [0.15, 0.2) is 29.8 Å². The number of aromatic nitrogens is 1. The number of hydrogen-bond donors (Lipinski definition) is 1. The van der Waals surface area contributed by atoms with Crippen molar-refractivity contribution in [3.8, 4) is 6.07 Å². The smallest absolute Gasteiger partial charge is 0.349 e. The van der Waals surface area contributed by atoms with Crippen LogP contribution in [0.2, 0.25) is 5.02 Å². The largest absolute Gasteiger partial charge is 0.451 e. The fraction of sp³-hybridized carbons (Fsp3) is 0.348. The van der Waals surface area contributed by atoms with Gasteiger partial charge in [-0.25, -0.2) is 4.79 Å². The Hall–Kier alpha value is -3.64. The van der Waals surface area contributed by atoms with E-state index in [-0.39, 0.29) is 22.0 Å². The van der Waals surface area contributed by atoms with E-state index in [0.717, 1.165) is 36.0 Å². The number of halogens is 1. The zero-order valence-corrected chi connectivity index (χ0v) is 19.6. The molecule has 0 bridgehead atoms. The van der Waals surface area contributed by atoms with Gasteiger partial charge in [0, 0.05) is 30.1 Å². The second-order valence-corrected chi connectivity index (χ2v) is 8.28. The molecule has 10 heteroatoms. The van der Waals surface area contributed by atoms with Gasteiger partial charge in [-0.3, -0.25) is 14.9 Å². The summed E-state index contributed by atoms with van der Waals surface area (Å²) in [7, 11) is 0. The van der Waals surface area contributed by atoms with E-state index in [4.69, 9.17) is 16.3 Å². The fourth-order valence-electron chi connectivity index (χ4n) is 3.12. The Morgan fingerprint density at radius 3 is 2.64 bits per heavy atom. The zero-order valence-electron chi connectivity index (χ0n) is 18.8. The van der Waals surface area contributed by atoms with Crippen LogP contribution in [0.1, 0.15) is 37.2 Å². The molecule has 0 unspecified atom stereocenters. The highest BCUT2D eigenvalue weighted by Crippen LogP contribution is 2.26. The number of nitro groups is 1. The van der Waals surface area contributed by atoms with Crippen molar-refractivity contribution >= 4 is 40.9 Å². The molecule has 9 nitrogen and oxygen atoms in total. The quantitative estimate of drug-likeness (QED) is 0.183. The molecular formula is C23H25ClN4O5. The SMILES string of the molecule is Cc1cc(/C=C(\C#N)C(=O)OCC(=O)Nc2cc([N+](=O)[O-])ccc2Cl)c(C)n1CCC(C)C. The van der Waals surface area contributed by atoms with E-state index >= 15 is 0 Å². The Kier molecular flexibility index (Phi) is 8.77. The van der Waals surface area contributed by atoms with Crippen LogP contribution in [-0.4, -0.2) is 28.0 Å². The highest BCUT2D eigenvalue weighted by molar-refractivity contribution is 6.33. The van der Waals surface area contributed by atoms with Gasteiger partial charge in [0.25, 0.3) is 11.6 Å².